The van der Waals surface area contributed by atoms with Crippen LogP contribution in [0.2, 0.25) is 0 Å². The van der Waals surface area contributed by atoms with Gasteiger partial charge in [-0.1, -0.05) is 50.3 Å². The number of carbonyl (C=O) groups is 1. The second kappa shape index (κ2) is 6.75. The zero-order valence-corrected chi connectivity index (χ0v) is 12.4. The number of carbonyl (C=O) groups excluding carboxylic acids is 1. The van der Waals surface area contributed by atoms with Crippen molar-refractivity contribution in [1.82, 2.24) is 0 Å². The molecule has 0 saturated carbocycles. The largest absolute Gasteiger partial charge is 0.507 e. The molecule has 0 amide bonds. The van der Waals surface area contributed by atoms with E-state index in [2.05, 4.69) is 6.58 Å². The normalized spacial score (nSPS) is 9.60. The van der Waals surface area contributed by atoms with Crippen molar-refractivity contribution in [2.75, 3.05) is 7.11 Å². The van der Waals surface area contributed by atoms with Gasteiger partial charge >= 0.3 is 5.97 Å². The molecule has 0 unspecified atom stereocenters. The lowest BCUT2D eigenvalue weighted by molar-refractivity contribution is 0.0600. The minimum absolute atomic E-state index is 0.0657. The second-order valence-electron chi connectivity index (χ2n) is 4.10. The van der Waals surface area contributed by atoms with Crippen LogP contribution in [-0.2, 0) is 4.74 Å². The Morgan fingerprint density at radius 1 is 1.25 bits per heavy atom. The number of methoxy groups -OCH3 is 1. The number of fused-ring (bicyclic) bond motifs is 1. The average molecular weight is 272 g/mol. The van der Waals surface area contributed by atoms with Crippen LogP contribution in [-0.4, -0.2) is 18.2 Å². The van der Waals surface area contributed by atoms with E-state index in [-0.39, 0.29) is 5.75 Å². The van der Waals surface area contributed by atoms with Crippen LogP contribution in [0.4, 0.5) is 0 Å². The second-order valence-corrected chi connectivity index (χ2v) is 4.10. The SMILES string of the molecule is C=Cc1c(C(=O)OC)cc(O)c2ccc(C)cc12.CC. The molecule has 0 bridgehead atoms. The van der Waals surface area contributed by atoms with E-state index in [9.17, 15) is 9.90 Å². The third kappa shape index (κ3) is 2.82. The molecule has 3 nitrogen and oxygen atoms in total. The Kier molecular flexibility index (Phi) is 5.32. The number of hydrogen-bond donors (Lipinski definition) is 1. The molecule has 2 rings (SSSR count). The van der Waals surface area contributed by atoms with Gasteiger partial charge in [-0.2, -0.15) is 0 Å². The number of ether oxygens (including phenoxy) is 1. The Labute approximate surface area is 119 Å². The van der Waals surface area contributed by atoms with Gasteiger partial charge in [0.2, 0.25) is 0 Å². The molecule has 0 fully saturated rings. The third-order valence-electron chi connectivity index (χ3n) is 2.92. The van der Waals surface area contributed by atoms with E-state index in [4.69, 9.17) is 4.74 Å². The van der Waals surface area contributed by atoms with Crippen molar-refractivity contribution in [1.29, 1.82) is 0 Å². The Bertz CT molecular complexity index is 642. The molecule has 1 N–H and O–H groups in total. The molecule has 0 heterocycles. The van der Waals surface area contributed by atoms with E-state index in [1.54, 1.807) is 6.08 Å². The van der Waals surface area contributed by atoms with Gasteiger partial charge in [-0.15, -0.1) is 0 Å². The van der Waals surface area contributed by atoms with Crippen LogP contribution >= 0.6 is 0 Å². The maximum Gasteiger partial charge on any atom is 0.338 e. The topological polar surface area (TPSA) is 46.5 Å². The number of aryl methyl sites for hydroxylation is 1. The lowest BCUT2D eigenvalue weighted by atomic mass is 9.96. The highest BCUT2D eigenvalue weighted by molar-refractivity contribution is 6.05. The van der Waals surface area contributed by atoms with Gasteiger partial charge in [0, 0.05) is 5.39 Å². The standard InChI is InChI=1S/C15H14O3.C2H6/c1-4-10-12-7-9(2)5-6-11(12)14(16)8-13(10)15(17)18-3;1-2/h4-8,16H,1H2,2-3H3;1-2H3. The van der Waals surface area contributed by atoms with Gasteiger partial charge in [-0.25, -0.2) is 4.79 Å². The fraction of sp³-hybridized carbons (Fsp3) is 0.235. The summed E-state index contributed by atoms with van der Waals surface area (Å²) in [5.41, 5.74) is 2.05. The van der Waals surface area contributed by atoms with Gasteiger partial charge in [-0.05, 0) is 23.9 Å². The molecule has 2 aromatic rings. The summed E-state index contributed by atoms with van der Waals surface area (Å²) >= 11 is 0. The van der Waals surface area contributed by atoms with Crippen molar-refractivity contribution in [2.24, 2.45) is 0 Å². The Morgan fingerprint density at radius 2 is 1.90 bits per heavy atom. The van der Waals surface area contributed by atoms with Crippen molar-refractivity contribution >= 4 is 22.8 Å². The first-order chi connectivity index (χ1) is 9.58. The van der Waals surface area contributed by atoms with Gasteiger partial charge in [0.05, 0.1) is 12.7 Å². The summed E-state index contributed by atoms with van der Waals surface area (Å²) in [6.07, 6.45) is 1.60. The Morgan fingerprint density at radius 3 is 2.45 bits per heavy atom. The number of hydrogen-bond acceptors (Lipinski definition) is 3. The van der Waals surface area contributed by atoms with Crippen molar-refractivity contribution < 1.29 is 14.6 Å². The molecule has 0 aliphatic heterocycles. The lowest BCUT2D eigenvalue weighted by Crippen LogP contribution is -2.04. The molecule has 3 heteroatoms. The van der Waals surface area contributed by atoms with E-state index in [1.807, 2.05) is 39.0 Å². The van der Waals surface area contributed by atoms with Gasteiger partial charge < -0.3 is 9.84 Å². The highest BCUT2D eigenvalue weighted by Gasteiger charge is 2.15. The van der Waals surface area contributed by atoms with Crippen LogP contribution in [0.1, 0.15) is 35.3 Å². The predicted octanol–water partition coefficient (Wildman–Crippen LogP) is 4.31. The summed E-state index contributed by atoms with van der Waals surface area (Å²) in [6, 6.07) is 7.07. The van der Waals surface area contributed by atoms with Crippen molar-refractivity contribution in [2.45, 2.75) is 20.8 Å². The van der Waals surface area contributed by atoms with E-state index >= 15 is 0 Å². The zero-order chi connectivity index (χ0) is 15.3. The number of phenolic OH excluding ortho intramolecular Hbond substituents is 1. The van der Waals surface area contributed by atoms with Crippen molar-refractivity contribution in [3.63, 3.8) is 0 Å². The first-order valence-corrected chi connectivity index (χ1v) is 6.55. The van der Waals surface area contributed by atoms with Gasteiger partial charge in [0.25, 0.3) is 0 Å². The van der Waals surface area contributed by atoms with Crippen LogP contribution < -0.4 is 0 Å². The maximum atomic E-state index is 11.7. The lowest BCUT2D eigenvalue weighted by Gasteiger charge is -2.11. The van der Waals surface area contributed by atoms with E-state index in [0.29, 0.717) is 16.5 Å². The molecular formula is C17H20O3. The quantitative estimate of drug-likeness (QED) is 0.829. The number of esters is 1. The van der Waals surface area contributed by atoms with E-state index < -0.39 is 5.97 Å². The fourth-order valence-corrected chi connectivity index (χ4v) is 2.04. The highest BCUT2D eigenvalue weighted by Crippen LogP contribution is 2.32. The number of rotatable bonds is 2. The minimum atomic E-state index is -0.483. The zero-order valence-electron chi connectivity index (χ0n) is 12.4. The first kappa shape index (κ1) is 15.8. The van der Waals surface area contributed by atoms with Gasteiger partial charge in [-0.3, -0.25) is 0 Å². The summed E-state index contributed by atoms with van der Waals surface area (Å²) in [6.45, 7) is 9.68. The molecule has 0 radical (unpaired) electrons. The molecule has 0 aromatic heterocycles. The van der Waals surface area contributed by atoms with Gasteiger partial charge in [0.1, 0.15) is 5.75 Å². The summed E-state index contributed by atoms with van der Waals surface area (Å²) in [5.74, 6) is -0.417. The van der Waals surface area contributed by atoms with Crippen LogP contribution in [0.5, 0.6) is 5.75 Å². The summed E-state index contributed by atoms with van der Waals surface area (Å²) in [7, 11) is 1.31. The van der Waals surface area contributed by atoms with Crippen molar-refractivity contribution in [3.8, 4) is 5.75 Å². The first-order valence-electron chi connectivity index (χ1n) is 6.55. The molecule has 0 atom stereocenters. The third-order valence-corrected chi connectivity index (χ3v) is 2.92. The van der Waals surface area contributed by atoms with Crippen LogP contribution in [0.25, 0.3) is 16.8 Å². The summed E-state index contributed by atoms with van der Waals surface area (Å²) < 4.78 is 4.72. The molecule has 0 aliphatic rings. The monoisotopic (exact) mass is 272 g/mol. The number of benzene rings is 2. The van der Waals surface area contributed by atoms with Crippen LogP contribution in [0.15, 0.2) is 30.8 Å². The molecule has 20 heavy (non-hydrogen) atoms. The highest BCUT2D eigenvalue weighted by atomic mass is 16.5. The fourth-order valence-electron chi connectivity index (χ4n) is 2.04. The smallest absolute Gasteiger partial charge is 0.338 e. The number of aromatic hydroxyl groups is 1. The molecule has 0 saturated heterocycles. The average Bonchev–Trinajstić information content (AvgIpc) is 2.48. The van der Waals surface area contributed by atoms with Gasteiger partial charge in [0.15, 0.2) is 0 Å². The van der Waals surface area contributed by atoms with E-state index in [0.717, 1.165) is 10.9 Å². The summed E-state index contributed by atoms with van der Waals surface area (Å²) in [4.78, 5) is 11.7. The predicted molar refractivity (Wildman–Crippen MR) is 83.1 cm³/mol. The molecule has 106 valence electrons. The minimum Gasteiger partial charge on any atom is -0.507 e. The van der Waals surface area contributed by atoms with Crippen molar-refractivity contribution in [3.05, 3.63) is 47.5 Å². The maximum absolute atomic E-state index is 11.7. The number of phenols is 1. The molecule has 0 spiro atoms. The Balaban J connectivity index is 0.000000956. The summed E-state index contributed by atoms with van der Waals surface area (Å²) in [5, 5.41) is 11.5. The molecule has 0 aliphatic carbocycles. The van der Waals surface area contributed by atoms with Crippen LogP contribution in [0.3, 0.4) is 0 Å². The van der Waals surface area contributed by atoms with E-state index in [1.165, 1.54) is 13.2 Å². The van der Waals surface area contributed by atoms with Crippen LogP contribution in [0, 0.1) is 6.92 Å². The Hall–Kier alpha value is -2.29. The molecular weight excluding hydrogens is 252 g/mol. The molecule has 2 aromatic carbocycles.